The minimum atomic E-state index is -0.253. The minimum absolute atomic E-state index is 0.218. The Labute approximate surface area is 120 Å². The highest BCUT2D eigenvalue weighted by Crippen LogP contribution is 2.28. The molecule has 2 aromatic rings. The maximum Gasteiger partial charge on any atom is 0.251 e. The molecule has 0 amide bonds. The molecule has 0 spiro atoms. The fourth-order valence-corrected chi connectivity index (χ4v) is 2.62. The van der Waals surface area contributed by atoms with Crippen LogP contribution in [0.3, 0.4) is 0 Å². The van der Waals surface area contributed by atoms with E-state index in [1.165, 1.54) is 30.1 Å². The monoisotopic (exact) mass is 293 g/mol. The van der Waals surface area contributed by atoms with Gasteiger partial charge in [0, 0.05) is 29.3 Å². The normalized spacial score (nSPS) is 10.7. The summed E-state index contributed by atoms with van der Waals surface area (Å²) in [5, 5.41) is 3.64. The van der Waals surface area contributed by atoms with Gasteiger partial charge in [-0.2, -0.15) is 0 Å². The van der Waals surface area contributed by atoms with Crippen LogP contribution in [-0.2, 0) is 6.54 Å². The fourth-order valence-electron chi connectivity index (χ4n) is 1.70. The topological polar surface area (TPSA) is 57.8 Å². The zero-order valence-corrected chi connectivity index (χ0v) is 12.0. The molecule has 1 heterocycles. The van der Waals surface area contributed by atoms with Gasteiger partial charge in [0.05, 0.1) is 0 Å². The van der Waals surface area contributed by atoms with Crippen molar-refractivity contribution >= 4 is 11.8 Å². The van der Waals surface area contributed by atoms with Crippen LogP contribution in [0.1, 0.15) is 18.9 Å². The maximum atomic E-state index is 13.9. The molecule has 0 aliphatic carbocycles. The van der Waals surface area contributed by atoms with Gasteiger partial charge in [-0.05, 0) is 25.1 Å². The third-order valence-electron chi connectivity index (χ3n) is 2.66. The van der Waals surface area contributed by atoms with E-state index < -0.39 is 0 Å². The van der Waals surface area contributed by atoms with Crippen LogP contribution in [0, 0.1) is 5.82 Å². The first-order chi connectivity index (χ1) is 9.70. The van der Waals surface area contributed by atoms with Gasteiger partial charge in [0.15, 0.2) is 5.16 Å². The van der Waals surface area contributed by atoms with E-state index in [0.717, 1.165) is 17.9 Å². The second-order valence-corrected chi connectivity index (χ2v) is 5.27. The van der Waals surface area contributed by atoms with Crippen molar-refractivity contribution in [2.45, 2.75) is 29.9 Å². The Morgan fingerprint density at radius 2 is 2.25 bits per heavy atom. The Bertz CT molecular complexity index is 630. The molecule has 1 aromatic carbocycles. The van der Waals surface area contributed by atoms with Crippen LogP contribution in [0.5, 0.6) is 0 Å². The van der Waals surface area contributed by atoms with Gasteiger partial charge in [0.25, 0.3) is 5.56 Å². The molecule has 0 aliphatic rings. The van der Waals surface area contributed by atoms with Gasteiger partial charge in [-0.3, -0.25) is 4.79 Å². The fraction of sp³-hybridized carbons (Fsp3) is 0.286. The number of nitrogens with one attached hydrogen (secondary N) is 2. The first-order valence-electron chi connectivity index (χ1n) is 6.42. The SMILES string of the molecule is CCCNCc1c(F)cccc1Sc1nccc(=O)[nH]1. The van der Waals surface area contributed by atoms with E-state index in [-0.39, 0.29) is 11.4 Å². The predicted octanol–water partition coefficient (Wildman–Crippen LogP) is 2.56. The third-order valence-corrected chi connectivity index (χ3v) is 3.66. The van der Waals surface area contributed by atoms with Crippen molar-refractivity contribution in [3.63, 3.8) is 0 Å². The standard InChI is InChI=1S/C14H16FN3OS/c1-2-7-16-9-10-11(15)4-3-5-12(10)20-14-17-8-6-13(19)18-14/h3-6,8,16H,2,7,9H2,1H3,(H,17,18,19). The van der Waals surface area contributed by atoms with Crippen molar-refractivity contribution in [3.05, 3.63) is 52.2 Å². The highest BCUT2D eigenvalue weighted by Gasteiger charge is 2.10. The smallest absolute Gasteiger partial charge is 0.251 e. The van der Waals surface area contributed by atoms with Gasteiger partial charge in [-0.1, -0.05) is 24.8 Å². The van der Waals surface area contributed by atoms with Gasteiger partial charge in [-0.15, -0.1) is 0 Å². The molecule has 106 valence electrons. The lowest BCUT2D eigenvalue weighted by atomic mass is 10.2. The van der Waals surface area contributed by atoms with Gasteiger partial charge < -0.3 is 10.3 Å². The summed E-state index contributed by atoms with van der Waals surface area (Å²) in [4.78, 5) is 18.7. The van der Waals surface area contributed by atoms with E-state index in [1.54, 1.807) is 6.07 Å². The summed E-state index contributed by atoms with van der Waals surface area (Å²) in [5.74, 6) is -0.253. The van der Waals surface area contributed by atoms with Crippen LogP contribution >= 0.6 is 11.8 Å². The van der Waals surface area contributed by atoms with Crippen LogP contribution in [0.2, 0.25) is 0 Å². The second-order valence-electron chi connectivity index (χ2n) is 4.23. The second kappa shape index (κ2) is 7.21. The molecule has 2 rings (SSSR count). The van der Waals surface area contributed by atoms with Gasteiger partial charge >= 0.3 is 0 Å². The summed E-state index contributed by atoms with van der Waals surface area (Å²) < 4.78 is 13.9. The third kappa shape index (κ3) is 3.91. The average Bonchev–Trinajstić information content (AvgIpc) is 2.42. The molecule has 0 aliphatic heterocycles. The molecule has 20 heavy (non-hydrogen) atoms. The van der Waals surface area contributed by atoms with Gasteiger partial charge in [0.2, 0.25) is 0 Å². The highest BCUT2D eigenvalue weighted by molar-refractivity contribution is 7.99. The Balaban J connectivity index is 2.22. The number of halogens is 1. The Hall–Kier alpha value is -1.66. The lowest BCUT2D eigenvalue weighted by molar-refractivity contribution is 0.578. The van der Waals surface area contributed by atoms with E-state index in [2.05, 4.69) is 22.2 Å². The maximum absolute atomic E-state index is 13.9. The summed E-state index contributed by atoms with van der Waals surface area (Å²) in [6, 6.07) is 6.26. The highest BCUT2D eigenvalue weighted by atomic mass is 32.2. The number of hydrogen-bond donors (Lipinski definition) is 2. The van der Waals surface area contributed by atoms with Crippen molar-refractivity contribution in [2.24, 2.45) is 0 Å². The molecule has 0 fully saturated rings. The summed E-state index contributed by atoms with van der Waals surface area (Å²) in [6.45, 7) is 3.35. The molecule has 0 saturated carbocycles. The van der Waals surface area contributed by atoms with E-state index in [1.807, 2.05) is 6.07 Å². The number of aromatic nitrogens is 2. The molecule has 1 aromatic heterocycles. The summed E-state index contributed by atoms with van der Waals surface area (Å²) in [5.41, 5.74) is 0.377. The van der Waals surface area contributed by atoms with Crippen LogP contribution in [-0.4, -0.2) is 16.5 Å². The summed E-state index contributed by atoms with van der Waals surface area (Å²) >= 11 is 1.25. The number of benzene rings is 1. The number of aromatic amines is 1. The van der Waals surface area contributed by atoms with E-state index >= 15 is 0 Å². The molecule has 2 N–H and O–H groups in total. The largest absolute Gasteiger partial charge is 0.313 e. The van der Waals surface area contributed by atoms with Crippen molar-refractivity contribution in [1.29, 1.82) is 0 Å². The zero-order valence-electron chi connectivity index (χ0n) is 11.1. The van der Waals surface area contributed by atoms with Crippen molar-refractivity contribution < 1.29 is 4.39 Å². The molecule has 6 heteroatoms. The molecular weight excluding hydrogens is 277 g/mol. The number of nitrogens with zero attached hydrogens (tertiary/aromatic N) is 1. The first-order valence-corrected chi connectivity index (χ1v) is 7.23. The molecule has 0 bridgehead atoms. The first kappa shape index (κ1) is 14.7. The zero-order chi connectivity index (χ0) is 14.4. The molecule has 0 saturated heterocycles. The lowest BCUT2D eigenvalue weighted by Gasteiger charge is -2.10. The van der Waals surface area contributed by atoms with Crippen LogP contribution in [0.25, 0.3) is 0 Å². The summed E-state index contributed by atoms with van der Waals surface area (Å²) in [6.07, 6.45) is 2.43. The molecule has 0 atom stereocenters. The van der Waals surface area contributed by atoms with Crippen molar-refractivity contribution in [1.82, 2.24) is 15.3 Å². The molecule has 0 unspecified atom stereocenters. The van der Waals surface area contributed by atoms with Gasteiger partial charge in [-0.25, -0.2) is 9.37 Å². The molecule has 4 nitrogen and oxygen atoms in total. The van der Waals surface area contributed by atoms with Crippen molar-refractivity contribution in [2.75, 3.05) is 6.54 Å². The van der Waals surface area contributed by atoms with E-state index in [4.69, 9.17) is 0 Å². The Morgan fingerprint density at radius 3 is 3.00 bits per heavy atom. The number of hydrogen-bond acceptors (Lipinski definition) is 4. The van der Waals surface area contributed by atoms with Gasteiger partial charge in [0.1, 0.15) is 5.82 Å². The number of H-pyrrole nitrogens is 1. The van der Waals surface area contributed by atoms with Crippen LogP contribution in [0.4, 0.5) is 4.39 Å². The quantitative estimate of drug-likeness (QED) is 0.635. The van der Waals surface area contributed by atoms with Crippen molar-refractivity contribution in [3.8, 4) is 0 Å². The molecular formula is C14H16FN3OS. The minimum Gasteiger partial charge on any atom is -0.313 e. The predicted molar refractivity (Wildman–Crippen MR) is 77.4 cm³/mol. The van der Waals surface area contributed by atoms with E-state index in [0.29, 0.717) is 17.3 Å². The van der Waals surface area contributed by atoms with E-state index in [9.17, 15) is 9.18 Å². The van der Waals surface area contributed by atoms with Crippen LogP contribution < -0.4 is 10.9 Å². The Kier molecular flexibility index (Phi) is 5.31. The lowest BCUT2D eigenvalue weighted by Crippen LogP contribution is -2.15. The average molecular weight is 293 g/mol. The molecule has 0 radical (unpaired) electrons. The number of rotatable bonds is 6. The summed E-state index contributed by atoms with van der Waals surface area (Å²) in [7, 11) is 0. The van der Waals surface area contributed by atoms with Crippen LogP contribution in [0.15, 0.2) is 45.3 Å². The Morgan fingerprint density at radius 1 is 1.40 bits per heavy atom.